The van der Waals surface area contributed by atoms with Crippen LogP contribution < -0.4 is 0 Å². The quantitative estimate of drug-likeness (QED) is 0.648. The number of carboxylic acid groups (broad SMARTS) is 1. The van der Waals surface area contributed by atoms with Crippen LogP contribution in [0.25, 0.3) is 0 Å². The number of unbranched alkanes of at least 4 members (excludes halogenated alkanes) is 5. The van der Waals surface area contributed by atoms with Crippen LogP contribution in [0.4, 0.5) is 0 Å². The largest absolute Gasteiger partial charge is 0.481 e. The van der Waals surface area contributed by atoms with Crippen LogP contribution in [0.5, 0.6) is 0 Å². The number of carboxylic acids is 1. The lowest BCUT2D eigenvalue weighted by atomic mass is 10.1. The van der Waals surface area contributed by atoms with Gasteiger partial charge in [-0.3, -0.25) is 4.79 Å². The van der Waals surface area contributed by atoms with Crippen molar-refractivity contribution in [2.45, 2.75) is 51.9 Å². The number of ether oxygens (including phenoxy) is 1. The molecular weight excluding hydrogens is 180 g/mol. The van der Waals surface area contributed by atoms with Gasteiger partial charge in [-0.2, -0.15) is 0 Å². The lowest BCUT2D eigenvalue weighted by Crippen LogP contribution is -1.93. The van der Waals surface area contributed by atoms with E-state index in [9.17, 15) is 4.79 Å². The SMILES string of the molecule is CCCCCCCCC(=O)O.COC. The molecule has 0 rings (SSSR count). The van der Waals surface area contributed by atoms with Crippen LogP contribution in [0.3, 0.4) is 0 Å². The number of aliphatic carboxylic acids is 1. The fourth-order valence-electron chi connectivity index (χ4n) is 1.06. The highest BCUT2D eigenvalue weighted by molar-refractivity contribution is 5.66. The van der Waals surface area contributed by atoms with E-state index in [2.05, 4.69) is 11.7 Å². The van der Waals surface area contributed by atoms with Crippen molar-refractivity contribution >= 4 is 5.97 Å². The maximum atomic E-state index is 10.1. The van der Waals surface area contributed by atoms with Crippen molar-refractivity contribution in [3.8, 4) is 0 Å². The van der Waals surface area contributed by atoms with E-state index in [-0.39, 0.29) is 0 Å². The maximum absolute atomic E-state index is 10.1. The van der Waals surface area contributed by atoms with Crippen LogP contribution in [0.2, 0.25) is 0 Å². The number of methoxy groups -OCH3 is 1. The molecule has 0 radical (unpaired) electrons. The Balaban J connectivity index is 0. The summed E-state index contributed by atoms with van der Waals surface area (Å²) >= 11 is 0. The van der Waals surface area contributed by atoms with Gasteiger partial charge in [0.15, 0.2) is 0 Å². The molecule has 0 unspecified atom stereocenters. The molecule has 0 aliphatic rings. The number of hydrogen-bond acceptors (Lipinski definition) is 2. The third kappa shape index (κ3) is 22.5. The molecule has 0 atom stereocenters. The molecule has 0 saturated carbocycles. The normalized spacial score (nSPS) is 9.07. The summed E-state index contributed by atoms with van der Waals surface area (Å²) in [7, 11) is 3.25. The molecule has 86 valence electrons. The zero-order valence-electron chi connectivity index (χ0n) is 9.71. The minimum Gasteiger partial charge on any atom is -0.481 e. The summed E-state index contributed by atoms with van der Waals surface area (Å²) < 4.78 is 4.25. The smallest absolute Gasteiger partial charge is 0.303 e. The lowest BCUT2D eigenvalue weighted by molar-refractivity contribution is -0.137. The molecule has 0 saturated heterocycles. The molecule has 0 aromatic heterocycles. The highest BCUT2D eigenvalue weighted by Gasteiger charge is 1.95. The van der Waals surface area contributed by atoms with Crippen LogP contribution >= 0.6 is 0 Å². The molecule has 0 bridgehead atoms. The predicted molar refractivity (Wildman–Crippen MR) is 58.6 cm³/mol. The fraction of sp³-hybridized carbons (Fsp3) is 0.909. The van der Waals surface area contributed by atoms with Gasteiger partial charge in [-0.15, -0.1) is 0 Å². The molecule has 3 heteroatoms. The van der Waals surface area contributed by atoms with Crippen molar-refractivity contribution in [1.82, 2.24) is 0 Å². The van der Waals surface area contributed by atoms with E-state index in [1.807, 2.05) is 0 Å². The second kappa shape index (κ2) is 14.9. The Bertz CT molecular complexity index is 113. The molecule has 0 fully saturated rings. The Hall–Kier alpha value is -0.570. The predicted octanol–water partition coefficient (Wildman–Crippen LogP) is 3.08. The molecule has 0 aliphatic carbocycles. The van der Waals surface area contributed by atoms with E-state index in [0.717, 1.165) is 12.8 Å². The summed E-state index contributed by atoms with van der Waals surface area (Å²) in [5, 5.41) is 8.32. The van der Waals surface area contributed by atoms with Gasteiger partial charge in [0.1, 0.15) is 0 Å². The van der Waals surface area contributed by atoms with E-state index in [1.54, 1.807) is 14.2 Å². The van der Waals surface area contributed by atoms with E-state index in [0.29, 0.717) is 6.42 Å². The van der Waals surface area contributed by atoms with Gasteiger partial charge in [0.05, 0.1) is 0 Å². The van der Waals surface area contributed by atoms with E-state index in [4.69, 9.17) is 5.11 Å². The fourth-order valence-corrected chi connectivity index (χ4v) is 1.06. The Morgan fingerprint density at radius 1 is 1.07 bits per heavy atom. The number of carbonyl (C=O) groups is 1. The van der Waals surface area contributed by atoms with Crippen molar-refractivity contribution < 1.29 is 14.6 Å². The average molecular weight is 204 g/mol. The summed E-state index contributed by atoms with van der Waals surface area (Å²) in [6, 6.07) is 0. The molecule has 14 heavy (non-hydrogen) atoms. The van der Waals surface area contributed by atoms with Gasteiger partial charge >= 0.3 is 5.97 Å². The van der Waals surface area contributed by atoms with Crippen molar-refractivity contribution in [3.63, 3.8) is 0 Å². The highest BCUT2D eigenvalue weighted by Crippen LogP contribution is 2.06. The van der Waals surface area contributed by atoms with Crippen molar-refractivity contribution in [3.05, 3.63) is 0 Å². The van der Waals surface area contributed by atoms with Gasteiger partial charge in [-0.1, -0.05) is 39.0 Å². The minimum absolute atomic E-state index is 0.339. The third-order valence-corrected chi connectivity index (χ3v) is 1.74. The molecule has 0 heterocycles. The van der Waals surface area contributed by atoms with Gasteiger partial charge in [-0.25, -0.2) is 0 Å². The first-order chi connectivity index (χ1) is 6.68. The van der Waals surface area contributed by atoms with Crippen LogP contribution in [0, 0.1) is 0 Å². The van der Waals surface area contributed by atoms with Gasteiger partial charge in [-0.05, 0) is 6.42 Å². The Kier molecular flexibility index (Phi) is 16.9. The van der Waals surface area contributed by atoms with Gasteiger partial charge in [0.2, 0.25) is 0 Å². The first-order valence-corrected chi connectivity index (χ1v) is 5.30. The van der Waals surface area contributed by atoms with Crippen molar-refractivity contribution in [2.24, 2.45) is 0 Å². The molecule has 0 spiro atoms. The summed E-state index contributed by atoms with van der Waals surface area (Å²) in [4.78, 5) is 10.1. The minimum atomic E-state index is -0.666. The first-order valence-electron chi connectivity index (χ1n) is 5.30. The van der Waals surface area contributed by atoms with Crippen LogP contribution in [-0.4, -0.2) is 25.3 Å². The zero-order chi connectivity index (χ0) is 11.2. The van der Waals surface area contributed by atoms with E-state index < -0.39 is 5.97 Å². The molecule has 0 aromatic carbocycles. The second-order valence-corrected chi connectivity index (χ2v) is 3.32. The highest BCUT2D eigenvalue weighted by atomic mass is 16.4. The molecule has 1 N–H and O–H groups in total. The topological polar surface area (TPSA) is 46.5 Å². The maximum Gasteiger partial charge on any atom is 0.303 e. The Labute approximate surface area is 87.5 Å². The molecule has 0 amide bonds. The average Bonchev–Trinajstić information content (AvgIpc) is 2.12. The zero-order valence-corrected chi connectivity index (χ0v) is 9.71. The van der Waals surface area contributed by atoms with Crippen LogP contribution in [-0.2, 0) is 9.53 Å². The standard InChI is InChI=1S/C9H18O2.C2H6O/c1-2-3-4-5-6-7-8-9(10)11;1-3-2/h2-8H2,1H3,(H,10,11);1-2H3. The summed E-state index contributed by atoms with van der Waals surface area (Å²) in [6.45, 7) is 2.18. The second-order valence-electron chi connectivity index (χ2n) is 3.32. The van der Waals surface area contributed by atoms with Crippen LogP contribution in [0.1, 0.15) is 51.9 Å². The third-order valence-electron chi connectivity index (χ3n) is 1.74. The first kappa shape index (κ1) is 15.9. The molecule has 0 aromatic rings. The number of rotatable bonds is 7. The van der Waals surface area contributed by atoms with Crippen LogP contribution in [0.15, 0.2) is 0 Å². The summed E-state index contributed by atoms with van der Waals surface area (Å²) in [5.41, 5.74) is 0. The van der Waals surface area contributed by atoms with E-state index >= 15 is 0 Å². The molecule has 0 aliphatic heterocycles. The molecule has 3 nitrogen and oxygen atoms in total. The lowest BCUT2D eigenvalue weighted by Gasteiger charge is -1.97. The van der Waals surface area contributed by atoms with Crippen molar-refractivity contribution in [2.75, 3.05) is 14.2 Å². The van der Waals surface area contributed by atoms with Gasteiger partial charge in [0.25, 0.3) is 0 Å². The summed E-state index contributed by atoms with van der Waals surface area (Å²) in [6.07, 6.45) is 7.25. The van der Waals surface area contributed by atoms with Gasteiger partial charge < -0.3 is 9.84 Å². The Morgan fingerprint density at radius 2 is 1.50 bits per heavy atom. The number of hydrogen-bond donors (Lipinski definition) is 1. The monoisotopic (exact) mass is 204 g/mol. The summed E-state index contributed by atoms with van der Waals surface area (Å²) in [5.74, 6) is -0.666. The van der Waals surface area contributed by atoms with Crippen molar-refractivity contribution in [1.29, 1.82) is 0 Å². The van der Waals surface area contributed by atoms with E-state index in [1.165, 1.54) is 25.7 Å². The Morgan fingerprint density at radius 3 is 1.93 bits per heavy atom. The van der Waals surface area contributed by atoms with Gasteiger partial charge in [0, 0.05) is 20.6 Å². The molecular formula is C11H24O3.